The first kappa shape index (κ1) is 15.1. The highest BCUT2D eigenvalue weighted by atomic mass is 19.2. The van der Waals surface area contributed by atoms with Crippen molar-refractivity contribution < 1.29 is 8.78 Å². The largest absolute Gasteiger partial charge is 0.326 e. The van der Waals surface area contributed by atoms with Crippen molar-refractivity contribution in [2.45, 2.75) is 32.2 Å². The summed E-state index contributed by atoms with van der Waals surface area (Å²) < 4.78 is 25.8. The third-order valence-corrected chi connectivity index (χ3v) is 2.90. The van der Waals surface area contributed by atoms with Crippen molar-refractivity contribution in [3.63, 3.8) is 0 Å². The molecule has 0 aliphatic rings. The first-order valence-corrected chi connectivity index (χ1v) is 6.19. The molecule has 18 heavy (non-hydrogen) atoms. The van der Waals surface area contributed by atoms with Crippen LogP contribution in [0.5, 0.6) is 0 Å². The van der Waals surface area contributed by atoms with Gasteiger partial charge in [-0.05, 0) is 58.0 Å². The van der Waals surface area contributed by atoms with Crippen LogP contribution in [0.25, 0.3) is 0 Å². The van der Waals surface area contributed by atoms with Gasteiger partial charge in [0, 0.05) is 12.1 Å². The lowest BCUT2D eigenvalue weighted by Crippen LogP contribution is -2.36. The third kappa shape index (κ3) is 5.56. The van der Waals surface area contributed by atoms with Crippen LogP contribution < -0.4 is 5.73 Å². The molecule has 0 aliphatic heterocycles. The number of halogens is 2. The second-order valence-corrected chi connectivity index (χ2v) is 5.54. The predicted octanol–water partition coefficient (Wildman–Crippen LogP) is 2.57. The molecule has 0 amide bonds. The van der Waals surface area contributed by atoms with Gasteiger partial charge in [0.25, 0.3) is 0 Å². The number of likely N-dealkylation sites (N-methyl/N-ethyl adjacent to an activating group) is 1. The zero-order chi connectivity index (χ0) is 13.8. The lowest BCUT2D eigenvalue weighted by Gasteiger charge is -2.23. The van der Waals surface area contributed by atoms with Crippen LogP contribution in [-0.4, -0.2) is 30.6 Å². The molecule has 0 radical (unpaired) electrons. The number of nitrogens with two attached hydrogens (primary N) is 1. The van der Waals surface area contributed by atoms with Crippen molar-refractivity contribution in [3.05, 3.63) is 35.4 Å². The lowest BCUT2D eigenvalue weighted by atomic mass is 10.0. The first-order valence-electron chi connectivity index (χ1n) is 6.19. The van der Waals surface area contributed by atoms with Crippen LogP contribution in [-0.2, 0) is 6.42 Å². The van der Waals surface area contributed by atoms with Crippen LogP contribution in [0.2, 0.25) is 0 Å². The van der Waals surface area contributed by atoms with Crippen LogP contribution in [0.1, 0.15) is 25.8 Å². The van der Waals surface area contributed by atoms with E-state index in [0.717, 1.165) is 25.1 Å². The highest BCUT2D eigenvalue weighted by Gasteiger charge is 2.11. The summed E-state index contributed by atoms with van der Waals surface area (Å²) in [5, 5.41) is 0. The Labute approximate surface area is 108 Å². The highest BCUT2D eigenvalue weighted by Crippen LogP contribution is 2.10. The van der Waals surface area contributed by atoms with Crippen molar-refractivity contribution in [2.75, 3.05) is 20.1 Å². The minimum atomic E-state index is -0.794. The van der Waals surface area contributed by atoms with Crippen molar-refractivity contribution in [1.29, 1.82) is 0 Å². The van der Waals surface area contributed by atoms with E-state index in [-0.39, 0.29) is 5.54 Å². The quantitative estimate of drug-likeness (QED) is 0.847. The molecule has 0 aliphatic carbocycles. The van der Waals surface area contributed by atoms with Crippen LogP contribution >= 0.6 is 0 Å². The predicted molar refractivity (Wildman–Crippen MR) is 70.4 cm³/mol. The van der Waals surface area contributed by atoms with Crippen LogP contribution in [0.4, 0.5) is 8.78 Å². The molecule has 0 saturated carbocycles. The van der Waals surface area contributed by atoms with E-state index in [9.17, 15) is 8.78 Å². The SMILES string of the molecule is CN(CCc1ccc(F)c(F)c1)CCC(C)(C)N. The summed E-state index contributed by atoms with van der Waals surface area (Å²) in [5.41, 5.74) is 6.55. The molecule has 0 heterocycles. The maximum Gasteiger partial charge on any atom is 0.159 e. The van der Waals surface area contributed by atoms with Gasteiger partial charge in [0.15, 0.2) is 11.6 Å². The molecule has 0 aromatic heterocycles. The first-order chi connectivity index (χ1) is 8.28. The van der Waals surface area contributed by atoms with Gasteiger partial charge in [0.05, 0.1) is 0 Å². The molecule has 0 unspecified atom stereocenters. The fourth-order valence-corrected chi connectivity index (χ4v) is 1.61. The van der Waals surface area contributed by atoms with Crippen molar-refractivity contribution >= 4 is 0 Å². The Morgan fingerprint density at radius 3 is 2.39 bits per heavy atom. The zero-order valence-electron chi connectivity index (χ0n) is 11.3. The van der Waals surface area contributed by atoms with Crippen molar-refractivity contribution in [1.82, 2.24) is 4.90 Å². The third-order valence-electron chi connectivity index (χ3n) is 2.90. The van der Waals surface area contributed by atoms with Gasteiger partial charge in [-0.15, -0.1) is 0 Å². The number of benzene rings is 1. The molecule has 1 aromatic carbocycles. The molecule has 0 spiro atoms. The molecule has 2 N–H and O–H groups in total. The van der Waals surface area contributed by atoms with Gasteiger partial charge in [0.1, 0.15) is 0 Å². The summed E-state index contributed by atoms with van der Waals surface area (Å²) in [6, 6.07) is 4.06. The van der Waals surface area contributed by atoms with Crippen molar-refractivity contribution in [2.24, 2.45) is 5.73 Å². The molecule has 0 saturated heterocycles. The van der Waals surface area contributed by atoms with Crippen LogP contribution in [0, 0.1) is 11.6 Å². The van der Waals surface area contributed by atoms with E-state index < -0.39 is 11.6 Å². The molecule has 2 nitrogen and oxygen atoms in total. The van der Waals surface area contributed by atoms with E-state index in [1.54, 1.807) is 6.07 Å². The zero-order valence-corrected chi connectivity index (χ0v) is 11.3. The number of rotatable bonds is 6. The van der Waals surface area contributed by atoms with Crippen LogP contribution in [0.3, 0.4) is 0 Å². The van der Waals surface area contributed by atoms with Crippen molar-refractivity contribution in [3.8, 4) is 0 Å². The fourth-order valence-electron chi connectivity index (χ4n) is 1.61. The van der Waals surface area contributed by atoms with Gasteiger partial charge >= 0.3 is 0 Å². The van der Waals surface area contributed by atoms with E-state index >= 15 is 0 Å². The second kappa shape index (κ2) is 6.25. The normalized spacial score (nSPS) is 12.2. The maximum atomic E-state index is 13.0. The van der Waals surface area contributed by atoms with Gasteiger partial charge in [0.2, 0.25) is 0 Å². The van der Waals surface area contributed by atoms with E-state index in [4.69, 9.17) is 5.73 Å². The maximum absolute atomic E-state index is 13.0. The molecule has 0 atom stereocenters. The summed E-state index contributed by atoms with van der Waals surface area (Å²) in [6.45, 7) is 5.70. The van der Waals surface area contributed by atoms with E-state index in [1.807, 2.05) is 20.9 Å². The summed E-state index contributed by atoms with van der Waals surface area (Å²) >= 11 is 0. The topological polar surface area (TPSA) is 29.3 Å². The lowest BCUT2D eigenvalue weighted by molar-refractivity contribution is 0.298. The average Bonchev–Trinajstić information content (AvgIpc) is 2.27. The van der Waals surface area contributed by atoms with Gasteiger partial charge in [-0.2, -0.15) is 0 Å². The van der Waals surface area contributed by atoms with Gasteiger partial charge in [-0.1, -0.05) is 6.07 Å². The smallest absolute Gasteiger partial charge is 0.159 e. The molecule has 4 heteroatoms. The number of hydrogen-bond acceptors (Lipinski definition) is 2. The summed E-state index contributed by atoms with van der Waals surface area (Å²) in [6.07, 6.45) is 1.61. The Morgan fingerprint density at radius 1 is 1.17 bits per heavy atom. The Balaban J connectivity index is 2.38. The number of nitrogens with zero attached hydrogens (tertiary/aromatic N) is 1. The molecular formula is C14H22F2N2. The van der Waals surface area contributed by atoms with Gasteiger partial charge in [-0.25, -0.2) is 8.78 Å². The molecule has 1 aromatic rings. The minimum absolute atomic E-state index is 0.170. The molecule has 1 rings (SSSR count). The molecule has 0 bridgehead atoms. The summed E-state index contributed by atoms with van der Waals surface area (Å²) in [5.74, 6) is -1.57. The van der Waals surface area contributed by atoms with E-state index in [0.29, 0.717) is 6.42 Å². The highest BCUT2D eigenvalue weighted by molar-refractivity contribution is 5.18. The monoisotopic (exact) mass is 256 g/mol. The molecule has 0 fully saturated rings. The van der Waals surface area contributed by atoms with E-state index in [1.165, 1.54) is 12.1 Å². The Bertz CT molecular complexity index is 386. The Morgan fingerprint density at radius 2 is 1.83 bits per heavy atom. The standard InChI is InChI=1S/C14H22F2N2/c1-14(2,17)7-9-18(3)8-6-11-4-5-12(15)13(16)10-11/h4-5,10H,6-9,17H2,1-3H3. The van der Waals surface area contributed by atoms with Gasteiger partial charge < -0.3 is 10.6 Å². The molecule has 102 valence electrons. The fraction of sp³-hybridized carbons (Fsp3) is 0.571. The number of hydrogen-bond donors (Lipinski definition) is 1. The van der Waals surface area contributed by atoms with Gasteiger partial charge in [-0.3, -0.25) is 0 Å². The summed E-state index contributed by atoms with van der Waals surface area (Å²) in [4.78, 5) is 2.15. The van der Waals surface area contributed by atoms with E-state index in [2.05, 4.69) is 4.90 Å². The second-order valence-electron chi connectivity index (χ2n) is 5.54. The summed E-state index contributed by atoms with van der Waals surface area (Å²) in [7, 11) is 2.01. The minimum Gasteiger partial charge on any atom is -0.326 e. The Kier molecular flexibility index (Phi) is 5.23. The Hall–Kier alpha value is -1.00. The molecular weight excluding hydrogens is 234 g/mol. The van der Waals surface area contributed by atoms with Crippen LogP contribution in [0.15, 0.2) is 18.2 Å². The average molecular weight is 256 g/mol.